The van der Waals surface area contributed by atoms with Gasteiger partial charge in [0.05, 0.1) is 12.2 Å². The Hall–Kier alpha value is -0.0800. The molecule has 0 heterocycles. The van der Waals surface area contributed by atoms with Gasteiger partial charge in [0.1, 0.15) is 0 Å². The Bertz CT molecular complexity index is 207. The van der Waals surface area contributed by atoms with E-state index in [4.69, 9.17) is 10.5 Å². The summed E-state index contributed by atoms with van der Waals surface area (Å²) >= 11 is 0. The van der Waals surface area contributed by atoms with Crippen LogP contribution < -0.4 is 5.73 Å². The molecule has 2 heteroatoms. The van der Waals surface area contributed by atoms with Crippen molar-refractivity contribution in [2.75, 3.05) is 0 Å². The molecule has 0 bridgehead atoms. The van der Waals surface area contributed by atoms with E-state index >= 15 is 0 Å². The maximum Gasteiger partial charge on any atom is 0.0775 e. The lowest BCUT2D eigenvalue weighted by molar-refractivity contribution is -0.105. The highest BCUT2D eigenvalue weighted by atomic mass is 16.5. The highest BCUT2D eigenvalue weighted by Crippen LogP contribution is 2.32. The standard InChI is InChI=1S/C14H29NO/c1-10-8-6-7-9-12(10)16-13(11(2)15)14(3,4)5/h10-13H,6-9,15H2,1-5H3. The van der Waals surface area contributed by atoms with Crippen molar-refractivity contribution in [2.45, 2.75) is 78.6 Å². The Morgan fingerprint density at radius 1 is 1.19 bits per heavy atom. The predicted octanol–water partition coefficient (Wildman–Crippen LogP) is 3.34. The molecule has 1 aliphatic carbocycles. The minimum atomic E-state index is 0.106. The van der Waals surface area contributed by atoms with Gasteiger partial charge in [0.25, 0.3) is 0 Å². The lowest BCUT2D eigenvalue weighted by Gasteiger charge is -2.39. The second-order valence-electron chi connectivity index (χ2n) is 6.58. The van der Waals surface area contributed by atoms with E-state index < -0.39 is 0 Å². The Morgan fingerprint density at radius 3 is 2.19 bits per heavy atom. The van der Waals surface area contributed by atoms with Crippen LogP contribution >= 0.6 is 0 Å². The monoisotopic (exact) mass is 227 g/mol. The maximum atomic E-state index is 6.30. The summed E-state index contributed by atoms with van der Waals surface area (Å²) in [7, 11) is 0. The Balaban J connectivity index is 2.60. The molecule has 2 nitrogen and oxygen atoms in total. The van der Waals surface area contributed by atoms with Crippen LogP contribution in [0.4, 0.5) is 0 Å². The third-order valence-electron chi connectivity index (χ3n) is 3.69. The van der Waals surface area contributed by atoms with Gasteiger partial charge in [-0.15, -0.1) is 0 Å². The smallest absolute Gasteiger partial charge is 0.0775 e. The van der Waals surface area contributed by atoms with Crippen molar-refractivity contribution in [1.29, 1.82) is 0 Å². The molecule has 4 unspecified atom stereocenters. The molecule has 0 radical (unpaired) electrons. The first-order chi connectivity index (χ1) is 7.32. The van der Waals surface area contributed by atoms with Crippen LogP contribution in [0.2, 0.25) is 0 Å². The maximum absolute atomic E-state index is 6.30. The predicted molar refractivity (Wildman–Crippen MR) is 69.4 cm³/mol. The first kappa shape index (κ1) is 14.0. The zero-order valence-electron chi connectivity index (χ0n) is 11.6. The van der Waals surface area contributed by atoms with E-state index in [0.717, 1.165) is 0 Å². The zero-order valence-corrected chi connectivity index (χ0v) is 11.6. The fourth-order valence-electron chi connectivity index (χ4n) is 2.79. The summed E-state index contributed by atoms with van der Waals surface area (Å²) in [5, 5.41) is 0. The fraction of sp³-hybridized carbons (Fsp3) is 1.00. The summed E-state index contributed by atoms with van der Waals surface area (Å²) in [4.78, 5) is 0. The van der Waals surface area contributed by atoms with E-state index in [2.05, 4.69) is 34.6 Å². The minimum Gasteiger partial charge on any atom is -0.373 e. The molecular weight excluding hydrogens is 198 g/mol. The number of rotatable bonds is 3. The molecule has 16 heavy (non-hydrogen) atoms. The quantitative estimate of drug-likeness (QED) is 0.802. The molecule has 0 aromatic rings. The SMILES string of the molecule is CC(N)C(OC1CCCCC1C)C(C)(C)C. The summed E-state index contributed by atoms with van der Waals surface area (Å²) in [6.45, 7) is 11.0. The second kappa shape index (κ2) is 5.50. The van der Waals surface area contributed by atoms with Gasteiger partial charge in [-0.3, -0.25) is 0 Å². The van der Waals surface area contributed by atoms with Crippen LogP contribution in [0.15, 0.2) is 0 Å². The van der Waals surface area contributed by atoms with Crippen molar-refractivity contribution in [3.8, 4) is 0 Å². The van der Waals surface area contributed by atoms with Crippen LogP contribution in [0.3, 0.4) is 0 Å². The molecular formula is C14H29NO. The molecule has 1 rings (SSSR count). The van der Waals surface area contributed by atoms with Gasteiger partial charge in [0.2, 0.25) is 0 Å². The number of hydrogen-bond acceptors (Lipinski definition) is 2. The fourth-order valence-corrected chi connectivity index (χ4v) is 2.79. The van der Waals surface area contributed by atoms with E-state index in [1.165, 1.54) is 25.7 Å². The Labute approximate surface area is 101 Å². The van der Waals surface area contributed by atoms with E-state index in [-0.39, 0.29) is 17.6 Å². The molecule has 0 spiro atoms. The summed E-state index contributed by atoms with van der Waals surface area (Å²) in [6.07, 6.45) is 5.77. The van der Waals surface area contributed by atoms with Crippen LogP contribution in [0.25, 0.3) is 0 Å². The van der Waals surface area contributed by atoms with Crippen LogP contribution in [0.1, 0.15) is 60.3 Å². The van der Waals surface area contributed by atoms with E-state index in [0.29, 0.717) is 12.0 Å². The third-order valence-corrected chi connectivity index (χ3v) is 3.69. The topological polar surface area (TPSA) is 35.2 Å². The molecule has 0 saturated heterocycles. The van der Waals surface area contributed by atoms with Gasteiger partial charge in [-0.25, -0.2) is 0 Å². The first-order valence-corrected chi connectivity index (χ1v) is 6.73. The molecule has 0 aliphatic heterocycles. The summed E-state index contributed by atoms with van der Waals surface area (Å²) < 4.78 is 6.30. The Kier molecular flexibility index (Phi) is 4.81. The van der Waals surface area contributed by atoms with Gasteiger partial charge in [-0.1, -0.05) is 40.5 Å². The van der Waals surface area contributed by atoms with E-state index in [9.17, 15) is 0 Å². The van der Waals surface area contributed by atoms with Gasteiger partial charge in [0.15, 0.2) is 0 Å². The molecule has 0 aromatic carbocycles. The van der Waals surface area contributed by atoms with Crippen LogP contribution in [-0.4, -0.2) is 18.2 Å². The van der Waals surface area contributed by atoms with Crippen molar-refractivity contribution in [1.82, 2.24) is 0 Å². The van der Waals surface area contributed by atoms with E-state index in [1.807, 2.05) is 0 Å². The number of nitrogens with two attached hydrogens (primary N) is 1. The Morgan fingerprint density at radius 2 is 1.75 bits per heavy atom. The molecule has 96 valence electrons. The lowest BCUT2D eigenvalue weighted by Crippen LogP contribution is -2.47. The number of ether oxygens (including phenoxy) is 1. The molecule has 4 atom stereocenters. The molecule has 0 amide bonds. The second-order valence-corrected chi connectivity index (χ2v) is 6.58. The average molecular weight is 227 g/mol. The molecule has 1 aliphatic rings. The van der Waals surface area contributed by atoms with Gasteiger partial charge in [-0.2, -0.15) is 0 Å². The molecule has 0 aromatic heterocycles. The van der Waals surface area contributed by atoms with Gasteiger partial charge in [0, 0.05) is 6.04 Å². The van der Waals surface area contributed by atoms with Crippen LogP contribution in [-0.2, 0) is 4.74 Å². The van der Waals surface area contributed by atoms with Gasteiger partial charge in [-0.05, 0) is 31.1 Å². The molecule has 2 N–H and O–H groups in total. The largest absolute Gasteiger partial charge is 0.373 e. The van der Waals surface area contributed by atoms with Crippen molar-refractivity contribution >= 4 is 0 Å². The number of hydrogen-bond donors (Lipinski definition) is 1. The minimum absolute atomic E-state index is 0.106. The molecule has 1 fully saturated rings. The van der Waals surface area contributed by atoms with Crippen molar-refractivity contribution in [3.05, 3.63) is 0 Å². The summed E-state index contributed by atoms with van der Waals surface area (Å²) in [6, 6.07) is 0.106. The van der Waals surface area contributed by atoms with Gasteiger partial charge >= 0.3 is 0 Å². The molecule has 1 saturated carbocycles. The summed E-state index contributed by atoms with van der Waals surface area (Å²) in [5.74, 6) is 0.692. The average Bonchev–Trinajstić information content (AvgIpc) is 2.14. The summed E-state index contributed by atoms with van der Waals surface area (Å²) in [5.41, 5.74) is 6.19. The van der Waals surface area contributed by atoms with Gasteiger partial charge < -0.3 is 10.5 Å². The first-order valence-electron chi connectivity index (χ1n) is 6.73. The third kappa shape index (κ3) is 3.74. The van der Waals surface area contributed by atoms with E-state index in [1.54, 1.807) is 0 Å². The van der Waals surface area contributed by atoms with Crippen LogP contribution in [0.5, 0.6) is 0 Å². The lowest BCUT2D eigenvalue weighted by atomic mass is 9.83. The van der Waals surface area contributed by atoms with Crippen molar-refractivity contribution < 1.29 is 4.74 Å². The van der Waals surface area contributed by atoms with Crippen molar-refractivity contribution in [2.24, 2.45) is 17.1 Å². The normalized spacial score (nSPS) is 31.1. The highest BCUT2D eigenvalue weighted by Gasteiger charge is 2.33. The highest BCUT2D eigenvalue weighted by molar-refractivity contribution is 4.84. The van der Waals surface area contributed by atoms with Crippen molar-refractivity contribution in [3.63, 3.8) is 0 Å². The van der Waals surface area contributed by atoms with Crippen LogP contribution in [0, 0.1) is 11.3 Å². The zero-order chi connectivity index (χ0) is 12.3.